The van der Waals surface area contributed by atoms with E-state index in [0.717, 1.165) is 4.47 Å². The topological polar surface area (TPSA) is 118 Å². The third-order valence-corrected chi connectivity index (χ3v) is 4.83. The molecule has 0 radical (unpaired) electrons. The van der Waals surface area contributed by atoms with E-state index in [1.807, 2.05) is 0 Å². The van der Waals surface area contributed by atoms with Crippen LogP contribution in [0.2, 0.25) is 0 Å². The monoisotopic (exact) mass is 378 g/mol. The number of amides is 1. The normalized spacial score (nSPS) is 11.5. The molecule has 9 heteroatoms. The van der Waals surface area contributed by atoms with Gasteiger partial charge in [-0.2, -0.15) is 0 Å². The molecule has 0 aromatic heterocycles. The molecule has 0 heterocycles. The maximum atomic E-state index is 12.1. The van der Waals surface area contributed by atoms with Crippen LogP contribution in [0.25, 0.3) is 0 Å². The van der Waals surface area contributed by atoms with Gasteiger partial charge in [-0.1, -0.05) is 15.9 Å². The maximum absolute atomic E-state index is 12.1. The van der Waals surface area contributed by atoms with Gasteiger partial charge in [-0.3, -0.25) is 14.5 Å². The highest BCUT2D eigenvalue weighted by Gasteiger charge is 2.19. The Hall–Kier alpha value is -1.45. The van der Waals surface area contributed by atoms with E-state index >= 15 is 0 Å². The Balaban J connectivity index is 2.75. The van der Waals surface area contributed by atoms with Crippen molar-refractivity contribution in [2.24, 2.45) is 5.73 Å². The molecule has 0 spiro atoms. The summed E-state index contributed by atoms with van der Waals surface area (Å²) in [5.74, 6) is -2.16. The van der Waals surface area contributed by atoms with Crippen molar-refractivity contribution in [2.45, 2.75) is 4.90 Å². The van der Waals surface area contributed by atoms with Crippen LogP contribution in [0, 0.1) is 0 Å². The summed E-state index contributed by atoms with van der Waals surface area (Å²) in [6.07, 6.45) is 0. The summed E-state index contributed by atoms with van der Waals surface area (Å²) in [7, 11) is -3.55. The van der Waals surface area contributed by atoms with E-state index in [1.54, 1.807) is 12.1 Å². The first kappa shape index (κ1) is 17.6. The number of sulfone groups is 1. The minimum atomic E-state index is -3.55. The number of carboxylic acids is 1. The highest BCUT2D eigenvalue weighted by molar-refractivity contribution is 9.10. The molecule has 1 rings (SSSR count). The minimum absolute atomic E-state index is 0.0896. The van der Waals surface area contributed by atoms with Gasteiger partial charge in [0.05, 0.1) is 23.7 Å². The predicted molar refractivity (Wildman–Crippen MR) is 79.5 cm³/mol. The summed E-state index contributed by atoms with van der Waals surface area (Å²) in [4.78, 5) is 22.9. The van der Waals surface area contributed by atoms with Crippen molar-refractivity contribution in [1.82, 2.24) is 4.90 Å². The van der Waals surface area contributed by atoms with E-state index in [4.69, 9.17) is 10.8 Å². The molecule has 1 aromatic carbocycles. The summed E-state index contributed by atoms with van der Waals surface area (Å²) in [5.41, 5.74) is 5.01. The Bertz CT molecular complexity index is 599. The average molecular weight is 379 g/mol. The van der Waals surface area contributed by atoms with Crippen molar-refractivity contribution in [3.63, 3.8) is 0 Å². The number of nitrogens with two attached hydrogens (primary N) is 1. The molecule has 0 saturated carbocycles. The third kappa shape index (κ3) is 6.23. The number of hydrogen-bond acceptors (Lipinski definition) is 5. The molecule has 1 aromatic rings. The molecule has 0 saturated heterocycles. The molecule has 1 amide bonds. The number of halogens is 1. The molecule has 0 aliphatic rings. The Kier molecular flexibility index (Phi) is 6.31. The molecule has 7 nitrogen and oxygen atoms in total. The summed E-state index contributed by atoms with van der Waals surface area (Å²) >= 11 is 3.21. The molecule has 0 fully saturated rings. The molecule has 0 bridgehead atoms. The smallest absolute Gasteiger partial charge is 0.317 e. The Morgan fingerprint density at radius 1 is 1.19 bits per heavy atom. The Morgan fingerprint density at radius 2 is 1.76 bits per heavy atom. The molecule has 0 aliphatic heterocycles. The van der Waals surface area contributed by atoms with Gasteiger partial charge in [-0.15, -0.1) is 0 Å². The van der Waals surface area contributed by atoms with E-state index in [2.05, 4.69) is 15.9 Å². The standard InChI is InChI=1S/C12H15BrN2O5S/c13-9-1-3-10(4-2-9)21(19,20)6-5-15(7-11(14)16)8-12(17)18/h1-4H,5-8H2,(H2,14,16)(H,17,18). The lowest BCUT2D eigenvalue weighted by Crippen LogP contribution is -2.40. The van der Waals surface area contributed by atoms with Crippen LogP contribution in [0.5, 0.6) is 0 Å². The predicted octanol–water partition coefficient (Wildman–Crippen LogP) is 0.0947. The van der Waals surface area contributed by atoms with Gasteiger partial charge in [0.25, 0.3) is 0 Å². The van der Waals surface area contributed by atoms with Crippen molar-refractivity contribution in [3.05, 3.63) is 28.7 Å². The lowest BCUT2D eigenvalue weighted by atomic mass is 10.4. The fourth-order valence-corrected chi connectivity index (χ4v) is 3.18. The van der Waals surface area contributed by atoms with E-state index < -0.39 is 28.3 Å². The zero-order chi connectivity index (χ0) is 16.0. The van der Waals surface area contributed by atoms with Crippen LogP contribution < -0.4 is 5.73 Å². The van der Waals surface area contributed by atoms with E-state index in [9.17, 15) is 18.0 Å². The van der Waals surface area contributed by atoms with Gasteiger partial charge in [-0.25, -0.2) is 8.42 Å². The lowest BCUT2D eigenvalue weighted by Gasteiger charge is -2.18. The summed E-state index contributed by atoms with van der Waals surface area (Å²) in [6.45, 7) is -0.839. The fourth-order valence-electron chi connectivity index (χ4n) is 1.63. The van der Waals surface area contributed by atoms with Crippen LogP contribution in [-0.2, 0) is 19.4 Å². The number of aliphatic carboxylic acids is 1. The van der Waals surface area contributed by atoms with Crippen LogP contribution in [0.4, 0.5) is 0 Å². The van der Waals surface area contributed by atoms with Gasteiger partial charge in [0, 0.05) is 11.0 Å². The Morgan fingerprint density at radius 3 is 2.24 bits per heavy atom. The van der Waals surface area contributed by atoms with Crippen molar-refractivity contribution < 1.29 is 23.1 Å². The van der Waals surface area contributed by atoms with Gasteiger partial charge in [0.1, 0.15) is 0 Å². The number of rotatable bonds is 8. The fraction of sp³-hybridized carbons (Fsp3) is 0.333. The van der Waals surface area contributed by atoms with Crippen LogP contribution in [-0.4, -0.2) is 55.7 Å². The quantitative estimate of drug-likeness (QED) is 0.661. The second kappa shape index (κ2) is 7.53. The number of hydrogen-bond donors (Lipinski definition) is 2. The molecular weight excluding hydrogens is 364 g/mol. The average Bonchev–Trinajstić information content (AvgIpc) is 2.35. The number of primary amides is 1. The van der Waals surface area contributed by atoms with Gasteiger partial charge in [0.15, 0.2) is 9.84 Å². The van der Waals surface area contributed by atoms with E-state index in [0.29, 0.717) is 0 Å². The SMILES string of the molecule is NC(=O)CN(CCS(=O)(=O)c1ccc(Br)cc1)CC(=O)O. The molecule has 21 heavy (non-hydrogen) atoms. The first-order chi connectivity index (χ1) is 9.70. The summed E-state index contributed by atoms with van der Waals surface area (Å²) in [5, 5.41) is 8.73. The number of carboxylic acid groups (broad SMARTS) is 1. The van der Waals surface area contributed by atoms with Crippen molar-refractivity contribution in [3.8, 4) is 0 Å². The minimum Gasteiger partial charge on any atom is -0.480 e. The van der Waals surface area contributed by atoms with Crippen LogP contribution in [0.15, 0.2) is 33.6 Å². The van der Waals surface area contributed by atoms with Crippen molar-refractivity contribution in [2.75, 3.05) is 25.4 Å². The summed E-state index contributed by atoms with van der Waals surface area (Å²) in [6, 6.07) is 6.11. The molecule has 0 atom stereocenters. The molecule has 0 unspecified atom stereocenters. The van der Waals surface area contributed by atoms with Crippen LogP contribution >= 0.6 is 15.9 Å². The first-order valence-corrected chi connectivity index (χ1v) is 8.36. The zero-order valence-electron chi connectivity index (χ0n) is 11.0. The van der Waals surface area contributed by atoms with Crippen LogP contribution in [0.1, 0.15) is 0 Å². The molecular formula is C12H15BrN2O5S. The Labute approximate surface area is 130 Å². The maximum Gasteiger partial charge on any atom is 0.317 e. The number of nitrogens with zero attached hydrogens (tertiary/aromatic N) is 1. The largest absolute Gasteiger partial charge is 0.480 e. The summed E-state index contributed by atoms with van der Waals surface area (Å²) < 4.78 is 25.0. The number of carbonyl (C=O) groups excluding carboxylic acids is 1. The van der Waals surface area contributed by atoms with Gasteiger partial charge < -0.3 is 10.8 Å². The molecule has 116 valence electrons. The van der Waals surface area contributed by atoms with Gasteiger partial charge >= 0.3 is 5.97 Å². The van der Waals surface area contributed by atoms with E-state index in [1.165, 1.54) is 17.0 Å². The lowest BCUT2D eigenvalue weighted by molar-refractivity contribution is -0.138. The van der Waals surface area contributed by atoms with Crippen molar-refractivity contribution in [1.29, 1.82) is 0 Å². The zero-order valence-corrected chi connectivity index (χ0v) is 13.4. The van der Waals surface area contributed by atoms with Gasteiger partial charge in [0.2, 0.25) is 5.91 Å². The van der Waals surface area contributed by atoms with Crippen LogP contribution in [0.3, 0.4) is 0 Å². The van der Waals surface area contributed by atoms with E-state index in [-0.39, 0.29) is 23.7 Å². The van der Waals surface area contributed by atoms with Gasteiger partial charge in [-0.05, 0) is 24.3 Å². The molecule has 3 N–H and O–H groups in total. The highest BCUT2D eigenvalue weighted by Crippen LogP contribution is 2.16. The van der Waals surface area contributed by atoms with Crippen molar-refractivity contribution >= 4 is 37.6 Å². The second-order valence-corrected chi connectivity index (χ2v) is 7.37. The first-order valence-electron chi connectivity index (χ1n) is 5.91. The second-order valence-electron chi connectivity index (χ2n) is 4.34. The molecule has 0 aliphatic carbocycles. The number of benzene rings is 1. The number of carbonyl (C=O) groups is 2. The third-order valence-electron chi connectivity index (χ3n) is 2.59. The highest BCUT2D eigenvalue weighted by atomic mass is 79.9.